The fourth-order valence-electron chi connectivity index (χ4n) is 6.31. The van der Waals surface area contributed by atoms with Crippen LogP contribution in [0.1, 0.15) is 74.3 Å². The second kappa shape index (κ2) is 13.8. The van der Waals surface area contributed by atoms with Gasteiger partial charge < -0.3 is 26.0 Å². The van der Waals surface area contributed by atoms with Gasteiger partial charge in [0.2, 0.25) is 0 Å². The third-order valence-corrected chi connectivity index (χ3v) is 8.97. The van der Waals surface area contributed by atoms with Gasteiger partial charge in [-0.25, -0.2) is 18.4 Å². The van der Waals surface area contributed by atoms with E-state index in [1.165, 1.54) is 21.9 Å². The Morgan fingerprint density at radius 3 is 1.48 bits per heavy atom. The molecule has 4 fully saturated rings. The first-order valence-electron chi connectivity index (χ1n) is 15.2. The van der Waals surface area contributed by atoms with Crippen molar-refractivity contribution in [3.05, 3.63) is 59.2 Å². The monoisotopic (exact) mass is 642 g/mol. The number of amides is 4. The van der Waals surface area contributed by atoms with Crippen molar-refractivity contribution in [2.24, 2.45) is 11.5 Å². The highest BCUT2D eigenvalue weighted by Gasteiger charge is 2.37. The molecule has 0 bridgehead atoms. The average molecular weight is 643 g/mol. The Bertz CT molecular complexity index is 1520. The number of ketones is 1. The second-order valence-electron chi connectivity index (χ2n) is 12.0. The van der Waals surface area contributed by atoms with Crippen LogP contribution in [-0.4, -0.2) is 66.3 Å². The van der Waals surface area contributed by atoms with Gasteiger partial charge in [0.25, 0.3) is 11.8 Å². The molecule has 0 spiro atoms. The maximum Gasteiger partial charge on any atom is 0.415 e. The summed E-state index contributed by atoms with van der Waals surface area (Å²) in [5.41, 5.74) is 12.1. The molecule has 2 aromatic carbocycles. The largest absolute Gasteiger partial charge is 0.434 e. The lowest BCUT2D eigenvalue weighted by molar-refractivity contribution is -0.125. The zero-order valence-electron chi connectivity index (χ0n) is 25.0. The highest BCUT2D eigenvalue weighted by molar-refractivity contribution is 5.96. The van der Waals surface area contributed by atoms with Crippen LogP contribution in [0.4, 0.5) is 29.7 Å². The number of Topliss-reactive ketones (excluding diaryl/α,β-unsaturated/α-hetero) is 1. The molecule has 2 aliphatic heterocycles. The molecule has 4 aliphatic rings. The number of carbonyl (C=O) groups excluding carboxylic acids is 5. The lowest BCUT2D eigenvalue weighted by Gasteiger charge is -2.26. The lowest BCUT2D eigenvalue weighted by atomic mass is 9.82. The van der Waals surface area contributed by atoms with E-state index in [1.807, 2.05) is 0 Å². The summed E-state index contributed by atoms with van der Waals surface area (Å²) in [5, 5.41) is 9.54. The number of carbonyl (C=O) groups is 5. The smallest absolute Gasteiger partial charge is 0.415 e. The topological polar surface area (TPSA) is 183 Å². The molecule has 2 aliphatic carbocycles. The molecule has 2 heterocycles. The number of halogens is 2. The molecule has 14 heteroatoms. The van der Waals surface area contributed by atoms with Crippen LogP contribution in [0, 0.1) is 11.6 Å². The first-order valence-corrected chi connectivity index (χ1v) is 15.2. The quantitative estimate of drug-likeness (QED) is 0.428. The molecular formula is C32H36F2N4O8. The van der Waals surface area contributed by atoms with E-state index in [2.05, 4.69) is 0 Å². The summed E-state index contributed by atoms with van der Waals surface area (Å²) in [7, 11) is 0. The van der Waals surface area contributed by atoms with E-state index in [0.29, 0.717) is 61.0 Å². The van der Waals surface area contributed by atoms with Gasteiger partial charge in [-0.05, 0) is 85.8 Å². The number of cyclic esters (lactones) is 2. The minimum Gasteiger partial charge on any atom is -0.434 e. The van der Waals surface area contributed by atoms with E-state index in [4.69, 9.17) is 20.9 Å². The predicted octanol–water partition coefficient (Wildman–Crippen LogP) is 3.52. The van der Waals surface area contributed by atoms with Crippen LogP contribution in [0.15, 0.2) is 36.4 Å². The van der Waals surface area contributed by atoms with Crippen LogP contribution in [-0.2, 0) is 23.9 Å². The summed E-state index contributed by atoms with van der Waals surface area (Å²) in [4.78, 5) is 59.4. The highest BCUT2D eigenvalue weighted by Crippen LogP contribution is 2.37. The van der Waals surface area contributed by atoms with Gasteiger partial charge in [0.1, 0.15) is 17.4 Å². The van der Waals surface area contributed by atoms with E-state index in [9.17, 15) is 37.9 Å². The zero-order valence-corrected chi connectivity index (χ0v) is 25.0. The fraction of sp³-hybridized carbons (Fsp3) is 0.469. The Morgan fingerprint density at radius 2 is 1.11 bits per heavy atom. The summed E-state index contributed by atoms with van der Waals surface area (Å²) < 4.78 is 38.5. The van der Waals surface area contributed by atoms with Gasteiger partial charge in [-0.15, -0.1) is 0 Å². The SMILES string of the molecule is NC(=O)[C@H]1CN(c2ccc(C3CCC(=O)CC3)c(F)c2)C(=O)O1.NC(=O)[C@H]1CN(c2ccc(C3CCC(O)CC3)c(F)c2)C(=O)O1. The number of primary amides is 2. The maximum atomic E-state index is 14.4. The summed E-state index contributed by atoms with van der Waals surface area (Å²) >= 11 is 0. The van der Waals surface area contributed by atoms with Crippen molar-refractivity contribution >= 4 is 41.2 Å². The van der Waals surface area contributed by atoms with Gasteiger partial charge in [-0.2, -0.15) is 0 Å². The third kappa shape index (κ3) is 7.27. The van der Waals surface area contributed by atoms with Crippen LogP contribution < -0.4 is 21.3 Å². The standard InChI is InChI=1S/C16H19FN2O4.C16H17FN2O4/c2*17-13-7-10(19-8-14(15(18)21)23-16(19)22)3-6-12(13)9-1-4-11(20)5-2-9/h3,6-7,9,11,14,20H,1-2,4-5,8H2,(H2,18,21);3,6-7,9,14H,1-2,4-5,8H2,(H2,18,21)/t9?,11?,14-;14-/m11/s1. The van der Waals surface area contributed by atoms with E-state index in [0.717, 1.165) is 12.8 Å². The molecule has 0 aromatic heterocycles. The van der Waals surface area contributed by atoms with Crippen molar-refractivity contribution in [1.82, 2.24) is 0 Å². The first kappa shape index (κ1) is 32.8. The molecule has 0 radical (unpaired) electrons. The Balaban J connectivity index is 0.000000181. The van der Waals surface area contributed by atoms with Crippen LogP contribution in [0.25, 0.3) is 0 Å². The molecule has 2 saturated heterocycles. The number of hydrogen-bond donors (Lipinski definition) is 3. The van der Waals surface area contributed by atoms with Gasteiger partial charge >= 0.3 is 12.2 Å². The second-order valence-corrected chi connectivity index (χ2v) is 12.0. The number of rotatable bonds is 6. The maximum absolute atomic E-state index is 14.4. The fourth-order valence-corrected chi connectivity index (χ4v) is 6.31. The number of ether oxygens (including phenoxy) is 2. The van der Waals surface area contributed by atoms with E-state index < -0.39 is 42.0 Å². The van der Waals surface area contributed by atoms with Crippen LogP contribution in [0.2, 0.25) is 0 Å². The summed E-state index contributed by atoms with van der Waals surface area (Å²) in [6, 6.07) is 9.11. The number of hydrogen-bond acceptors (Lipinski definition) is 8. The summed E-state index contributed by atoms with van der Waals surface area (Å²) in [5.74, 6) is -1.95. The lowest BCUT2D eigenvalue weighted by Crippen LogP contribution is -2.32. The third-order valence-electron chi connectivity index (χ3n) is 8.97. The number of benzene rings is 2. The zero-order chi connectivity index (χ0) is 33.1. The van der Waals surface area contributed by atoms with Gasteiger partial charge in [0.15, 0.2) is 12.2 Å². The molecule has 0 unspecified atom stereocenters. The normalized spacial score (nSPS) is 25.1. The molecule has 5 N–H and O–H groups in total. The van der Waals surface area contributed by atoms with Gasteiger partial charge in [0.05, 0.1) is 30.6 Å². The minimum absolute atomic E-state index is 0.0113. The van der Waals surface area contributed by atoms with Gasteiger partial charge in [-0.1, -0.05) is 12.1 Å². The van der Waals surface area contributed by atoms with E-state index >= 15 is 0 Å². The Kier molecular flexibility index (Phi) is 9.85. The van der Waals surface area contributed by atoms with Crippen LogP contribution in [0.3, 0.4) is 0 Å². The number of anilines is 2. The molecule has 246 valence electrons. The van der Waals surface area contributed by atoms with E-state index in [-0.39, 0.29) is 42.6 Å². The van der Waals surface area contributed by atoms with E-state index in [1.54, 1.807) is 24.3 Å². The number of aliphatic hydroxyl groups is 1. The average Bonchev–Trinajstić information content (AvgIpc) is 3.61. The first-order chi connectivity index (χ1) is 21.9. The summed E-state index contributed by atoms with van der Waals surface area (Å²) in [6.07, 6.45) is 1.32. The van der Waals surface area contributed by atoms with Crippen molar-refractivity contribution < 1.29 is 47.3 Å². The van der Waals surface area contributed by atoms with Gasteiger partial charge in [0, 0.05) is 12.8 Å². The molecule has 2 aromatic rings. The van der Waals surface area contributed by atoms with Crippen molar-refractivity contribution in [3.8, 4) is 0 Å². The van der Waals surface area contributed by atoms with Gasteiger partial charge in [-0.3, -0.25) is 24.2 Å². The van der Waals surface area contributed by atoms with Crippen LogP contribution in [0.5, 0.6) is 0 Å². The van der Waals surface area contributed by atoms with Crippen molar-refractivity contribution in [3.63, 3.8) is 0 Å². The molecule has 4 amide bonds. The minimum atomic E-state index is -1.02. The molecule has 2 saturated carbocycles. The molecular weight excluding hydrogens is 606 g/mol. The number of aliphatic hydroxyl groups excluding tert-OH is 1. The Morgan fingerprint density at radius 1 is 0.696 bits per heavy atom. The molecule has 6 rings (SSSR count). The molecule has 46 heavy (non-hydrogen) atoms. The van der Waals surface area contributed by atoms with Crippen molar-refractivity contribution in [1.29, 1.82) is 0 Å². The van der Waals surface area contributed by atoms with Crippen LogP contribution >= 0.6 is 0 Å². The molecule has 2 atom stereocenters. The predicted molar refractivity (Wildman–Crippen MR) is 160 cm³/mol. The molecule has 12 nitrogen and oxygen atoms in total. The Labute approximate surface area is 263 Å². The number of nitrogens with two attached hydrogens (primary N) is 2. The summed E-state index contributed by atoms with van der Waals surface area (Å²) in [6.45, 7) is -0.0343. The van der Waals surface area contributed by atoms with Crippen molar-refractivity contribution in [2.75, 3.05) is 22.9 Å². The highest BCUT2D eigenvalue weighted by atomic mass is 19.1. The Hall–Kier alpha value is -4.59. The number of nitrogens with zero attached hydrogens (tertiary/aromatic N) is 2. The van der Waals surface area contributed by atoms with Crippen molar-refractivity contribution in [2.45, 2.75) is 81.5 Å².